The molecule has 3 rings (SSSR count). The molecule has 2 aliphatic rings. The van der Waals surface area contributed by atoms with Gasteiger partial charge in [-0.15, -0.1) is 24.8 Å². The van der Waals surface area contributed by atoms with Crippen LogP contribution in [0.1, 0.15) is 49.8 Å². The Balaban J connectivity index is 0.00000225. The van der Waals surface area contributed by atoms with Gasteiger partial charge in [0.15, 0.2) is 6.10 Å². The highest BCUT2D eigenvalue weighted by molar-refractivity contribution is 5.90. The average molecular weight is 471 g/mol. The first-order chi connectivity index (χ1) is 13.3. The van der Waals surface area contributed by atoms with E-state index in [9.17, 15) is 18.0 Å². The molecule has 4 N–H and O–H groups in total. The second-order valence-electron chi connectivity index (χ2n) is 7.18. The monoisotopic (exact) mass is 470 g/mol. The number of hydrogen-bond donors (Lipinski definition) is 3. The summed E-state index contributed by atoms with van der Waals surface area (Å²) in [4.78, 5) is 15.2. The number of aliphatic imine (C=N–C) groups is 1. The maximum atomic E-state index is 12.1. The van der Waals surface area contributed by atoms with Crippen molar-refractivity contribution in [3.05, 3.63) is 23.3 Å². The Kier molecular flexibility index (Phi) is 9.71. The van der Waals surface area contributed by atoms with Crippen LogP contribution < -0.4 is 21.1 Å². The van der Waals surface area contributed by atoms with Gasteiger partial charge in [-0.2, -0.15) is 13.2 Å². The highest BCUT2D eigenvalue weighted by Gasteiger charge is 2.38. The van der Waals surface area contributed by atoms with Gasteiger partial charge >= 0.3 is 12.1 Å². The zero-order valence-corrected chi connectivity index (χ0v) is 18.2. The molecule has 6 nitrogen and oxygen atoms in total. The zero-order chi connectivity index (χ0) is 20.3. The molecule has 1 aromatic rings. The maximum Gasteiger partial charge on any atom is 0.471 e. The molecule has 1 heterocycles. The molecule has 0 radical (unpaired) electrons. The first-order valence-electron chi connectivity index (χ1n) is 9.51. The summed E-state index contributed by atoms with van der Waals surface area (Å²) in [5.74, 6) is -0.682. The fourth-order valence-corrected chi connectivity index (χ4v) is 3.52. The third-order valence-electron chi connectivity index (χ3n) is 5.04. The standard InChI is InChI=1S/C19H25F3N4O2.2ClH/c1-11-17(23)26-15-10-13-12(9-16(15)28-11)5-4-6-14(13)24-7-2-3-8-25-18(27)19(20,21)22;;/h9-11,14,24H,2-8H2,1H3,(H2,23,26)(H,25,27);2*1H. The number of hydrogen-bond acceptors (Lipinski definition) is 5. The Labute approximate surface area is 186 Å². The summed E-state index contributed by atoms with van der Waals surface area (Å²) in [7, 11) is 0. The number of fused-ring (bicyclic) bond motifs is 2. The van der Waals surface area contributed by atoms with Crippen LogP contribution in [-0.4, -0.2) is 37.1 Å². The molecule has 0 spiro atoms. The summed E-state index contributed by atoms with van der Waals surface area (Å²) in [6.45, 7) is 2.53. The number of amides is 1. The number of nitrogens with one attached hydrogen (secondary N) is 2. The number of ether oxygens (including phenoxy) is 1. The number of halogens is 5. The van der Waals surface area contributed by atoms with Crippen LogP contribution in [0.4, 0.5) is 18.9 Å². The van der Waals surface area contributed by atoms with Crippen molar-refractivity contribution in [2.45, 2.75) is 57.3 Å². The van der Waals surface area contributed by atoms with Crippen molar-refractivity contribution in [3.63, 3.8) is 0 Å². The van der Waals surface area contributed by atoms with Crippen molar-refractivity contribution in [2.24, 2.45) is 10.7 Å². The smallest absolute Gasteiger partial charge is 0.471 e. The predicted octanol–water partition coefficient (Wildman–Crippen LogP) is 3.73. The molecule has 1 aliphatic carbocycles. The van der Waals surface area contributed by atoms with E-state index in [-0.39, 0.29) is 43.5 Å². The number of carbonyl (C=O) groups is 1. The quantitative estimate of drug-likeness (QED) is 0.552. The predicted molar refractivity (Wildman–Crippen MR) is 114 cm³/mol. The average Bonchev–Trinajstić information content (AvgIpc) is 2.63. The number of amidine groups is 1. The van der Waals surface area contributed by atoms with Crippen LogP contribution in [0.5, 0.6) is 5.75 Å². The summed E-state index contributed by atoms with van der Waals surface area (Å²) < 4.78 is 42.2. The molecule has 2 unspecified atom stereocenters. The Bertz CT molecular complexity index is 775. The van der Waals surface area contributed by atoms with E-state index in [2.05, 4.69) is 10.3 Å². The van der Waals surface area contributed by atoms with Crippen molar-refractivity contribution >= 4 is 42.2 Å². The SMILES string of the molecule is CC1Oc2cc3c(cc2N=C1N)C(NCCCCNC(=O)C(F)(F)F)CCC3.Cl.Cl. The second kappa shape index (κ2) is 11.1. The number of benzene rings is 1. The molecule has 30 heavy (non-hydrogen) atoms. The molecule has 11 heteroatoms. The van der Waals surface area contributed by atoms with Gasteiger partial charge in [-0.25, -0.2) is 4.99 Å². The highest BCUT2D eigenvalue weighted by Crippen LogP contribution is 2.40. The summed E-state index contributed by atoms with van der Waals surface area (Å²) in [5.41, 5.74) is 9.02. The van der Waals surface area contributed by atoms with Gasteiger partial charge in [-0.05, 0) is 68.8 Å². The molecule has 1 aliphatic heterocycles. The highest BCUT2D eigenvalue weighted by atomic mass is 35.5. The summed E-state index contributed by atoms with van der Waals surface area (Å²) >= 11 is 0. The summed E-state index contributed by atoms with van der Waals surface area (Å²) in [5, 5.41) is 5.35. The van der Waals surface area contributed by atoms with Crippen molar-refractivity contribution < 1.29 is 22.7 Å². The van der Waals surface area contributed by atoms with Crippen molar-refractivity contribution in [1.82, 2.24) is 10.6 Å². The molecular formula is C19H27Cl2F3N4O2. The molecule has 1 amide bonds. The Morgan fingerprint density at radius 2 is 1.97 bits per heavy atom. The first kappa shape index (κ1) is 26.3. The number of unbranched alkanes of at least 4 members (excludes halogenated alkanes) is 1. The first-order valence-corrected chi connectivity index (χ1v) is 9.51. The molecule has 0 saturated heterocycles. The molecule has 0 saturated carbocycles. The van der Waals surface area contributed by atoms with Crippen LogP contribution in [-0.2, 0) is 11.2 Å². The molecule has 0 bridgehead atoms. The molecule has 1 aromatic carbocycles. The van der Waals surface area contributed by atoms with Gasteiger partial charge in [-0.3, -0.25) is 4.79 Å². The van der Waals surface area contributed by atoms with Crippen LogP contribution in [0.15, 0.2) is 17.1 Å². The van der Waals surface area contributed by atoms with Crippen LogP contribution in [0.3, 0.4) is 0 Å². The molecular weight excluding hydrogens is 444 g/mol. The fourth-order valence-electron chi connectivity index (χ4n) is 3.52. The van der Waals surface area contributed by atoms with Crippen LogP contribution in [0.25, 0.3) is 0 Å². The number of nitrogens with two attached hydrogens (primary N) is 1. The Morgan fingerprint density at radius 3 is 2.67 bits per heavy atom. The third-order valence-corrected chi connectivity index (χ3v) is 5.04. The Hall–Kier alpha value is -1.71. The van der Waals surface area contributed by atoms with Gasteiger partial charge in [0.05, 0.1) is 0 Å². The lowest BCUT2D eigenvalue weighted by molar-refractivity contribution is -0.173. The zero-order valence-electron chi connectivity index (χ0n) is 16.6. The third kappa shape index (κ3) is 6.39. The van der Waals surface area contributed by atoms with E-state index in [0.717, 1.165) is 30.7 Å². The van der Waals surface area contributed by atoms with E-state index in [1.807, 2.05) is 24.4 Å². The number of alkyl halides is 3. The molecule has 2 atom stereocenters. The molecule has 0 fully saturated rings. The van der Waals surface area contributed by atoms with Crippen molar-refractivity contribution in [3.8, 4) is 5.75 Å². The topological polar surface area (TPSA) is 88.7 Å². The largest absolute Gasteiger partial charge is 0.481 e. The lowest BCUT2D eigenvalue weighted by Crippen LogP contribution is -2.37. The number of nitrogens with zero attached hydrogens (tertiary/aromatic N) is 1. The van der Waals surface area contributed by atoms with E-state index >= 15 is 0 Å². The molecule has 0 aromatic heterocycles. The van der Waals surface area contributed by atoms with Gasteiger partial charge in [0.1, 0.15) is 17.3 Å². The minimum atomic E-state index is -4.82. The van der Waals surface area contributed by atoms with Gasteiger partial charge < -0.3 is 21.1 Å². The number of rotatable bonds is 6. The van der Waals surface area contributed by atoms with E-state index in [1.165, 1.54) is 11.1 Å². The fraction of sp³-hybridized carbons (Fsp3) is 0.579. The lowest BCUT2D eigenvalue weighted by Gasteiger charge is -2.29. The van der Waals surface area contributed by atoms with E-state index in [4.69, 9.17) is 10.5 Å². The minimum Gasteiger partial charge on any atom is -0.481 e. The van der Waals surface area contributed by atoms with Crippen molar-refractivity contribution in [1.29, 1.82) is 0 Å². The maximum absolute atomic E-state index is 12.1. The number of carbonyl (C=O) groups excluding carboxylic acids is 1. The van der Waals surface area contributed by atoms with Gasteiger partial charge in [0.2, 0.25) is 0 Å². The van der Waals surface area contributed by atoms with Gasteiger partial charge in [0.25, 0.3) is 0 Å². The number of aryl methyl sites for hydroxylation is 1. The summed E-state index contributed by atoms with van der Waals surface area (Å²) in [6.07, 6.45) is -0.913. The molecule has 170 valence electrons. The van der Waals surface area contributed by atoms with Gasteiger partial charge in [-0.1, -0.05) is 0 Å². The van der Waals surface area contributed by atoms with E-state index < -0.39 is 12.1 Å². The second-order valence-corrected chi connectivity index (χ2v) is 7.18. The van der Waals surface area contributed by atoms with Crippen LogP contribution in [0.2, 0.25) is 0 Å². The summed E-state index contributed by atoms with van der Waals surface area (Å²) in [6, 6.07) is 4.22. The van der Waals surface area contributed by atoms with Crippen molar-refractivity contribution in [2.75, 3.05) is 13.1 Å². The Morgan fingerprint density at radius 1 is 1.27 bits per heavy atom. The van der Waals surface area contributed by atoms with E-state index in [1.54, 1.807) is 0 Å². The van der Waals surface area contributed by atoms with E-state index in [0.29, 0.717) is 25.2 Å². The van der Waals surface area contributed by atoms with Gasteiger partial charge in [0, 0.05) is 12.6 Å². The minimum absolute atomic E-state index is 0. The normalized spacial score (nSPS) is 19.8. The lowest BCUT2D eigenvalue weighted by atomic mass is 9.86. The van der Waals surface area contributed by atoms with Crippen LogP contribution >= 0.6 is 24.8 Å². The van der Waals surface area contributed by atoms with Crippen LogP contribution in [0, 0.1) is 0 Å².